The lowest BCUT2D eigenvalue weighted by molar-refractivity contribution is 0.151. The molecular formula is C17H23N5O. The highest BCUT2D eigenvalue weighted by atomic mass is 16.2. The van der Waals surface area contributed by atoms with Gasteiger partial charge in [-0.05, 0) is 37.8 Å². The van der Waals surface area contributed by atoms with Crippen LogP contribution in [-0.2, 0) is 13.6 Å². The Labute approximate surface area is 136 Å². The van der Waals surface area contributed by atoms with Crippen LogP contribution in [-0.4, -0.2) is 32.2 Å². The van der Waals surface area contributed by atoms with E-state index in [1.54, 1.807) is 6.20 Å². The van der Waals surface area contributed by atoms with Crippen LogP contribution in [0.4, 0.5) is 4.79 Å². The number of carbonyl (C=O) groups excluding carboxylic acids is 1. The molecule has 1 fully saturated rings. The number of likely N-dealkylation sites (tertiary alicyclic amines) is 1. The molecule has 0 spiro atoms. The summed E-state index contributed by atoms with van der Waals surface area (Å²) < 4.78 is 1.82. The van der Waals surface area contributed by atoms with Gasteiger partial charge in [0, 0.05) is 43.8 Å². The monoisotopic (exact) mass is 313 g/mol. The molecular weight excluding hydrogens is 290 g/mol. The quantitative estimate of drug-likeness (QED) is 0.947. The van der Waals surface area contributed by atoms with Crippen LogP contribution in [0, 0.1) is 6.92 Å². The maximum absolute atomic E-state index is 12.6. The Hall–Kier alpha value is -2.37. The molecule has 1 atom stereocenters. The lowest BCUT2D eigenvalue weighted by Gasteiger charge is -2.35. The molecule has 0 radical (unpaired) electrons. The van der Waals surface area contributed by atoms with Gasteiger partial charge in [-0.15, -0.1) is 0 Å². The third-order valence-corrected chi connectivity index (χ3v) is 4.60. The van der Waals surface area contributed by atoms with Crippen LogP contribution >= 0.6 is 0 Å². The molecule has 0 bridgehead atoms. The topological polar surface area (TPSA) is 63.1 Å². The second-order valence-electron chi connectivity index (χ2n) is 6.03. The predicted octanol–water partition coefficient (Wildman–Crippen LogP) is 2.56. The van der Waals surface area contributed by atoms with Crippen molar-refractivity contribution in [1.82, 2.24) is 25.0 Å². The molecule has 2 aromatic rings. The van der Waals surface area contributed by atoms with E-state index in [1.807, 2.05) is 42.0 Å². The number of aryl methyl sites for hydroxylation is 1. The molecule has 2 amide bonds. The van der Waals surface area contributed by atoms with Gasteiger partial charge in [0.25, 0.3) is 0 Å². The molecule has 0 unspecified atom stereocenters. The first-order valence-corrected chi connectivity index (χ1v) is 8.08. The molecule has 1 aliphatic heterocycles. The van der Waals surface area contributed by atoms with Gasteiger partial charge in [0.1, 0.15) is 0 Å². The van der Waals surface area contributed by atoms with Crippen LogP contribution in [0.25, 0.3) is 0 Å². The summed E-state index contributed by atoms with van der Waals surface area (Å²) in [7, 11) is 1.91. The van der Waals surface area contributed by atoms with E-state index >= 15 is 0 Å². The highest BCUT2D eigenvalue weighted by Crippen LogP contribution is 2.30. The lowest BCUT2D eigenvalue weighted by Crippen LogP contribution is -2.44. The Balaban J connectivity index is 1.68. The Morgan fingerprint density at radius 2 is 2.26 bits per heavy atom. The predicted molar refractivity (Wildman–Crippen MR) is 87.7 cm³/mol. The average molecular weight is 313 g/mol. The molecule has 122 valence electrons. The van der Waals surface area contributed by atoms with Crippen LogP contribution in [0.1, 0.15) is 42.1 Å². The van der Waals surface area contributed by atoms with Crippen molar-refractivity contribution in [3.05, 3.63) is 47.5 Å². The first-order valence-electron chi connectivity index (χ1n) is 8.08. The fourth-order valence-electron chi connectivity index (χ4n) is 3.08. The molecule has 0 aromatic carbocycles. The number of urea groups is 1. The minimum atomic E-state index is -0.0122. The van der Waals surface area contributed by atoms with Gasteiger partial charge in [-0.25, -0.2) is 4.79 Å². The summed E-state index contributed by atoms with van der Waals surface area (Å²) in [6.07, 6.45) is 8.63. The number of rotatable bonds is 3. The fraction of sp³-hybridized carbons (Fsp3) is 0.471. The highest BCUT2D eigenvalue weighted by Gasteiger charge is 2.28. The van der Waals surface area contributed by atoms with Gasteiger partial charge in [0.05, 0.1) is 12.2 Å². The van der Waals surface area contributed by atoms with Crippen molar-refractivity contribution >= 4 is 6.03 Å². The van der Waals surface area contributed by atoms with Crippen LogP contribution in [0.3, 0.4) is 0 Å². The number of hydrogen-bond acceptors (Lipinski definition) is 3. The van der Waals surface area contributed by atoms with Crippen molar-refractivity contribution < 1.29 is 4.79 Å². The van der Waals surface area contributed by atoms with Crippen LogP contribution < -0.4 is 5.32 Å². The molecule has 6 heteroatoms. The largest absolute Gasteiger partial charge is 0.334 e. The van der Waals surface area contributed by atoms with Gasteiger partial charge in [0.15, 0.2) is 0 Å². The lowest BCUT2D eigenvalue weighted by atomic mass is 9.97. The second kappa shape index (κ2) is 6.81. The first kappa shape index (κ1) is 15.5. The average Bonchev–Trinajstić information content (AvgIpc) is 2.92. The summed E-state index contributed by atoms with van der Waals surface area (Å²) in [5.41, 5.74) is 3.24. The van der Waals surface area contributed by atoms with Crippen molar-refractivity contribution in [3.63, 3.8) is 0 Å². The standard InChI is InChI=1S/C17H23N5O/c1-13-15(12-20-21(13)2)11-19-17(23)22-9-4-3-7-16(22)14-6-5-8-18-10-14/h5-6,8,10,12,16H,3-4,7,9,11H2,1-2H3,(H,19,23)/t16-/m0/s1. The van der Waals surface area contributed by atoms with E-state index < -0.39 is 0 Å². The van der Waals surface area contributed by atoms with Gasteiger partial charge in [0.2, 0.25) is 0 Å². The van der Waals surface area contributed by atoms with Gasteiger partial charge < -0.3 is 10.2 Å². The number of nitrogens with zero attached hydrogens (tertiary/aromatic N) is 4. The molecule has 3 rings (SSSR count). The minimum Gasteiger partial charge on any atom is -0.334 e. The SMILES string of the molecule is Cc1c(CNC(=O)N2CCCC[C@H]2c2cccnc2)cnn1C. The van der Waals surface area contributed by atoms with Crippen LogP contribution in [0.15, 0.2) is 30.7 Å². The smallest absolute Gasteiger partial charge is 0.318 e. The number of pyridine rings is 1. The van der Waals surface area contributed by atoms with Gasteiger partial charge in [-0.1, -0.05) is 6.07 Å². The summed E-state index contributed by atoms with van der Waals surface area (Å²) in [6.45, 7) is 3.31. The maximum atomic E-state index is 12.6. The molecule has 2 aromatic heterocycles. The molecule has 0 aliphatic carbocycles. The number of hydrogen-bond donors (Lipinski definition) is 1. The zero-order valence-electron chi connectivity index (χ0n) is 13.7. The number of amides is 2. The van der Waals surface area contributed by atoms with Gasteiger partial charge >= 0.3 is 6.03 Å². The third-order valence-electron chi connectivity index (χ3n) is 4.60. The van der Waals surface area contributed by atoms with Crippen LogP contribution in [0.2, 0.25) is 0 Å². The van der Waals surface area contributed by atoms with Gasteiger partial charge in [-0.2, -0.15) is 5.10 Å². The number of aromatic nitrogens is 3. The zero-order chi connectivity index (χ0) is 16.2. The van der Waals surface area contributed by atoms with Crippen LogP contribution in [0.5, 0.6) is 0 Å². The second-order valence-corrected chi connectivity index (χ2v) is 6.03. The van der Waals surface area contributed by atoms with E-state index in [0.717, 1.165) is 42.6 Å². The van der Waals surface area contributed by atoms with Crippen molar-refractivity contribution in [2.24, 2.45) is 7.05 Å². The summed E-state index contributed by atoms with van der Waals surface area (Å²) in [5.74, 6) is 0. The van der Waals surface area contributed by atoms with E-state index in [9.17, 15) is 4.79 Å². The van der Waals surface area contributed by atoms with E-state index in [0.29, 0.717) is 6.54 Å². The fourth-order valence-corrected chi connectivity index (χ4v) is 3.08. The normalized spacial score (nSPS) is 18.0. The summed E-state index contributed by atoms with van der Waals surface area (Å²) in [5, 5.41) is 7.25. The number of carbonyl (C=O) groups is 1. The molecule has 6 nitrogen and oxygen atoms in total. The Kier molecular flexibility index (Phi) is 4.60. The number of piperidine rings is 1. The van der Waals surface area contributed by atoms with E-state index in [1.165, 1.54) is 0 Å². The molecule has 23 heavy (non-hydrogen) atoms. The highest BCUT2D eigenvalue weighted by molar-refractivity contribution is 5.75. The molecule has 1 saturated heterocycles. The van der Waals surface area contributed by atoms with E-state index in [2.05, 4.69) is 21.5 Å². The molecule has 1 N–H and O–H groups in total. The summed E-state index contributed by atoms with van der Waals surface area (Å²) in [6, 6.07) is 4.09. The van der Waals surface area contributed by atoms with Crippen molar-refractivity contribution in [2.45, 2.75) is 38.8 Å². The molecule has 1 aliphatic rings. The van der Waals surface area contributed by atoms with E-state index in [4.69, 9.17) is 0 Å². The molecule has 0 saturated carbocycles. The number of nitrogens with one attached hydrogen (secondary N) is 1. The molecule has 3 heterocycles. The Morgan fingerprint density at radius 3 is 2.96 bits per heavy atom. The zero-order valence-corrected chi connectivity index (χ0v) is 13.7. The van der Waals surface area contributed by atoms with Gasteiger partial charge in [-0.3, -0.25) is 9.67 Å². The minimum absolute atomic E-state index is 0.0122. The maximum Gasteiger partial charge on any atom is 0.318 e. The third kappa shape index (κ3) is 3.36. The summed E-state index contributed by atoms with van der Waals surface area (Å²) in [4.78, 5) is 18.8. The Bertz CT molecular complexity index is 667. The van der Waals surface area contributed by atoms with Crippen molar-refractivity contribution in [2.75, 3.05) is 6.54 Å². The van der Waals surface area contributed by atoms with E-state index in [-0.39, 0.29) is 12.1 Å². The van der Waals surface area contributed by atoms with Crippen molar-refractivity contribution in [1.29, 1.82) is 0 Å². The first-order chi connectivity index (χ1) is 11.2. The Morgan fingerprint density at radius 1 is 1.39 bits per heavy atom. The summed E-state index contributed by atoms with van der Waals surface area (Å²) >= 11 is 0. The van der Waals surface area contributed by atoms with Crippen molar-refractivity contribution in [3.8, 4) is 0 Å².